The van der Waals surface area contributed by atoms with E-state index in [1.54, 1.807) is 12.1 Å². The lowest BCUT2D eigenvalue weighted by molar-refractivity contribution is -0.0177. The Kier molecular flexibility index (Phi) is 7.06. The Morgan fingerprint density at radius 2 is 1.93 bits per heavy atom. The number of hydrogen-bond donors (Lipinski definition) is 2. The molecule has 1 spiro atoms. The van der Waals surface area contributed by atoms with Crippen molar-refractivity contribution in [1.29, 1.82) is 0 Å². The lowest BCUT2D eigenvalue weighted by Gasteiger charge is -2.53. The maximum absolute atomic E-state index is 13.4. The first-order chi connectivity index (χ1) is 13.8. The second-order valence-electron chi connectivity index (χ2n) is 8.80. The van der Waals surface area contributed by atoms with Crippen molar-refractivity contribution >= 4 is 23.5 Å². The number of halogens is 1. The van der Waals surface area contributed by atoms with Gasteiger partial charge in [0.15, 0.2) is 0 Å². The van der Waals surface area contributed by atoms with Crippen LogP contribution in [0.2, 0.25) is 5.02 Å². The van der Waals surface area contributed by atoms with Crippen molar-refractivity contribution in [2.24, 2.45) is 5.41 Å². The summed E-state index contributed by atoms with van der Waals surface area (Å²) in [6, 6.07) is 7.02. The molecule has 1 aromatic carbocycles. The van der Waals surface area contributed by atoms with Crippen molar-refractivity contribution in [3.8, 4) is 0 Å². The van der Waals surface area contributed by atoms with Gasteiger partial charge in [-0.15, -0.1) is 0 Å². The van der Waals surface area contributed by atoms with Gasteiger partial charge in [0.25, 0.3) is 5.91 Å². The number of piperidine rings is 2. The third kappa shape index (κ3) is 5.23. The Morgan fingerprint density at radius 1 is 1.21 bits per heavy atom. The molecule has 29 heavy (non-hydrogen) atoms. The first-order valence-electron chi connectivity index (χ1n) is 10.6. The standard InChI is InChI=1S/C22H33ClN4O2/c1-16(2)25-21(29)24-15-19-22(9-12-26(3)13-10-22)8-5-11-27(19)20(28)17-6-4-7-18(23)14-17/h4,6-7,14,16,19H,5,8-13,15H2,1-3H3,(H2,24,25,29). The fourth-order valence-electron chi connectivity index (χ4n) is 4.76. The second kappa shape index (κ2) is 9.35. The number of benzene rings is 1. The molecule has 0 aliphatic carbocycles. The van der Waals surface area contributed by atoms with Gasteiger partial charge in [0.2, 0.25) is 0 Å². The summed E-state index contributed by atoms with van der Waals surface area (Å²) >= 11 is 6.13. The lowest BCUT2D eigenvalue weighted by Crippen LogP contribution is -2.61. The highest BCUT2D eigenvalue weighted by Gasteiger charge is 2.47. The number of carbonyl (C=O) groups excluding carboxylic acids is 2. The molecule has 3 amide bonds. The lowest BCUT2D eigenvalue weighted by atomic mass is 9.66. The molecule has 2 saturated heterocycles. The zero-order chi connectivity index (χ0) is 21.0. The number of likely N-dealkylation sites (tertiary alicyclic amines) is 2. The molecular weight excluding hydrogens is 388 g/mol. The smallest absolute Gasteiger partial charge is 0.315 e. The van der Waals surface area contributed by atoms with E-state index in [0.29, 0.717) is 23.7 Å². The fraction of sp³-hybridized carbons (Fsp3) is 0.636. The van der Waals surface area contributed by atoms with E-state index in [1.165, 1.54) is 0 Å². The molecule has 2 N–H and O–H groups in total. The van der Waals surface area contributed by atoms with E-state index in [1.807, 2.05) is 30.9 Å². The Balaban J connectivity index is 1.84. The maximum Gasteiger partial charge on any atom is 0.315 e. The van der Waals surface area contributed by atoms with Gasteiger partial charge < -0.3 is 20.4 Å². The van der Waals surface area contributed by atoms with Crippen molar-refractivity contribution in [3.05, 3.63) is 34.9 Å². The molecule has 2 aliphatic heterocycles. The zero-order valence-corrected chi connectivity index (χ0v) is 18.5. The second-order valence-corrected chi connectivity index (χ2v) is 9.24. The number of hydrogen-bond acceptors (Lipinski definition) is 3. The molecule has 2 aliphatic rings. The molecular formula is C22H33ClN4O2. The number of amides is 3. The molecule has 0 saturated carbocycles. The number of urea groups is 1. The largest absolute Gasteiger partial charge is 0.336 e. The molecule has 0 aromatic heterocycles. The van der Waals surface area contributed by atoms with E-state index in [0.717, 1.165) is 38.8 Å². The summed E-state index contributed by atoms with van der Waals surface area (Å²) in [5.41, 5.74) is 0.656. The average Bonchev–Trinajstić information content (AvgIpc) is 2.68. The maximum atomic E-state index is 13.4. The highest BCUT2D eigenvalue weighted by molar-refractivity contribution is 6.30. The van der Waals surface area contributed by atoms with Crippen molar-refractivity contribution in [2.45, 2.75) is 51.6 Å². The molecule has 3 rings (SSSR count). The van der Waals surface area contributed by atoms with Gasteiger partial charge in [-0.3, -0.25) is 4.79 Å². The van der Waals surface area contributed by atoms with Crippen LogP contribution in [-0.2, 0) is 0 Å². The molecule has 160 valence electrons. The first kappa shape index (κ1) is 21.9. The highest BCUT2D eigenvalue weighted by atomic mass is 35.5. The fourth-order valence-corrected chi connectivity index (χ4v) is 4.95. The Morgan fingerprint density at radius 3 is 2.59 bits per heavy atom. The van der Waals surface area contributed by atoms with Gasteiger partial charge in [-0.1, -0.05) is 17.7 Å². The van der Waals surface area contributed by atoms with Crippen molar-refractivity contribution < 1.29 is 9.59 Å². The van der Waals surface area contributed by atoms with E-state index < -0.39 is 0 Å². The van der Waals surface area contributed by atoms with E-state index >= 15 is 0 Å². The van der Waals surface area contributed by atoms with E-state index in [2.05, 4.69) is 22.6 Å². The topological polar surface area (TPSA) is 64.7 Å². The van der Waals surface area contributed by atoms with Crippen LogP contribution in [0.4, 0.5) is 4.79 Å². The number of carbonyl (C=O) groups is 2. The SMILES string of the molecule is CC(C)NC(=O)NCC1N(C(=O)c2cccc(Cl)c2)CCCC12CCN(C)CC2. The molecule has 7 heteroatoms. The summed E-state index contributed by atoms with van der Waals surface area (Å²) in [7, 11) is 2.15. The Labute approximate surface area is 179 Å². The average molecular weight is 421 g/mol. The summed E-state index contributed by atoms with van der Waals surface area (Å²) in [6.45, 7) is 7.10. The summed E-state index contributed by atoms with van der Waals surface area (Å²) < 4.78 is 0. The number of nitrogens with zero attached hydrogens (tertiary/aromatic N) is 2. The third-order valence-corrected chi connectivity index (χ3v) is 6.58. The number of nitrogens with one attached hydrogen (secondary N) is 2. The van der Waals surface area contributed by atoms with Crippen LogP contribution >= 0.6 is 11.6 Å². The quantitative estimate of drug-likeness (QED) is 0.784. The van der Waals surface area contributed by atoms with Crippen LogP contribution < -0.4 is 10.6 Å². The molecule has 2 heterocycles. The molecule has 0 bridgehead atoms. The predicted octanol–water partition coefficient (Wildman–Crippen LogP) is 3.36. The minimum atomic E-state index is -0.177. The minimum Gasteiger partial charge on any atom is -0.336 e. The Bertz CT molecular complexity index is 731. The third-order valence-electron chi connectivity index (χ3n) is 6.35. The van der Waals surface area contributed by atoms with Crippen LogP contribution in [0.25, 0.3) is 0 Å². The molecule has 1 aromatic rings. The Hall–Kier alpha value is -1.79. The summed E-state index contributed by atoms with van der Waals surface area (Å²) in [4.78, 5) is 30.0. The van der Waals surface area contributed by atoms with Crippen LogP contribution in [0.5, 0.6) is 0 Å². The summed E-state index contributed by atoms with van der Waals surface area (Å²) in [5, 5.41) is 6.48. The number of rotatable bonds is 4. The molecule has 2 fully saturated rings. The molecule has 1 unspecified atom stereocenters. The van der Waals surface area contributed by atoms with Crippen LogP contribution in [-0.4, -0.2) is 67.0 Å². The predicted molar refractivity (Wildman–Crippen MR) is 116 cm³/mol. The van der Waals surface area contributed by atoms with Gasteiger partial charge >= 0.3 is 6.03 Å². The van der Waals surface area contributed by atoms with Crippen molar-refractivity contribution in [1.82, 2.24) is 20.4 Å². The van der Waals surface area contributed by atoms with Crippen LogP contribution in [0.3, 0.4) is 0 Å². The summed E-state index contributed by atoms with van der Waals surface area (Å²) in [5.74, 6) is 0.00145. The van der Waals surface area contributed by atoms with Crippen molar-refractivity contribution in [3.63, 3.8) is 0 Å². The van der Waals surface area contributed by atoms with Crippen molar-refractivity contribution in [2.75, 3.05) is 33.2 Å². The van der Waals surface area contributed by atoms with E-state index in [4.69, 9.17) is 11.6 Å². The summed E-state index contributed by atoms with van der Waals surface area (Å²) in [6.07, 6.45) is 4.17. The monoisotopic (exact) mass is 420 g/mol. The minimum absolute atomic E-state index is 0.00145. The van der Waals surface area contributed by atoms with Gasteiger partial charge in [0.05, 0.1) is 6.04 Å². The molecule has 1 atom stereocenters. The van der Waals surface area contributed by atoms with Crippen LogP contribution in [0, 0.1) is 5.41 Å². The first-order valence-corrected chi connectivity index (χ1v) is 11.0. The molecule has 0 radical (unpaired) electrons. The van der Waals surface area contributed by atoms with E-state index in [9.17, 15) is 9.59 Å². The van der Waals surface area contributed by atoms with Gasteiger partial charge in [0.1, 0.15) is 0 Å². The van der Waals surface area contributed by atoms with Gasteiger partial charge in [-0.25, -0.2) is 4.79 Å². The van der Waals surface area contributed by atoms with Crippen LogP contribution in [0.1, 0.15) is 49.9 Å². The van der Waals surface area contributed by atoms with E-state index in [-0.39, 0.29) is 29.4 Å². The van der Waals surface area contributed by atoms with Gasteiger partial charge in [0, 0.05) is 29.7 Å². The molecule has 6 nitrogen and oxygen atoms in total. The highest BCUT2D eigenvalue weighted by Crippen LogP contribution is 2.44. The van der Waals surface area contributed by atoms with Gasteiger partial charge in [-0.2, -0.15) is 0 Å². The zero-order valence-electron chi connectivity index (χ0n) is 17.7. The van der Waals surface area contributed by atoms with Crippen LogP contribution in [0.15, 0.2) is 24.3 Å². The normalized spacial score (nSPS) is 22.0. The van der Waals surface area contributed by atoms with Gasteiger partial charge in [-0.05, 0) is 83.3 Å².